The van der Waals surface area contributed by atoms with Crippen LogP contribution in [0.3, 0.4) is 0 Å². The highest BCUT2D eigenvalue weighted by atomic mass is 32.2. The summed E-state index contributed by atoms with van der Waals surface area (Å²) in [4.78, 5) is 19.2. The van der Waals surface area contributed by atoms with Gasteiger partial charge in [-0.3, -0.25) is 0 Å². The number of halogens is 3. The van der Waals surface area contributed by atoms with E-state index in [2.05, 4.69) is 31.1 Å². The largest absolute Gasteiger partial charge is 0.419 e. The number of anilines is 2. The lowest BCUT2D eigenvalue weighted by Crippen LogP contribution is -2.59. The fraction of sp³-hybridized carbons (Fsp3) is 0.455. The molecule has 33 heavy (non-hydrogen) atoms. The number of rotatable bonds is 3. The fourth-order valence-electron chi connectivity index (χ4n) is 3.66. The average molecular weight is 485 g/mol. The second-order valence-corrected chi connectivity index (χ2v) is 11.3. The van der Waals surface area contributed by atoms with Gasteiger partial charge in [-0.1, -0.05) is 32.9 Å². The Morgan fingerprint density at radius 3 is 2.27 bits per heavy atom. The van der Waals surface area contributed by atoms with Crippen LogP contribution in [0.1, 0.15) is 31.9 Å². The van der Waals surface area contributed by atoms with E-state index in [0.717, 1.165) is 22.8 Å². The van der Waals surface area contributed by atoms with Gasteiger partial charge in [-0.05, 0) is 35.2 Å². The maximum absolute atomic E-state index is 13.4. The second kappa shape index (κ2) is 8.85. The first-order valence-electron chi connectivity index (χ1n) is 10.3. The van der Waals surface area contributed by atoms with Crippen LogP contribution in [0.4, 0.5) is 29.5 Å². The lowest BCUT2D eigenvalue weighted by atomic mass is 9.87. The maximum Gasteiger partial charge on any atom is 0.419 e. The molecule has 0 radical (unpaired) electrons. The predicted molar refractivity (Wildman–Crippen MR) is 121 cm³/mol. The van der Waals surface area contributed by atoms with Gasteiger partial charge in [0.1, 0.15) is 5.82 Å². The van der Waals surface area contributed by atoms with E-state index < -0.39 is 33.0 Å². The first-order chi connectivity index (χ1) is 15.2. The standard InChI is InChI=1S/C22H27F3N4O3S/c1-21(2,3)15-7-9-16(10-8-15)27-20(30)29-13-12-28(14-18(29)33(4,31)32)19-17(22(23,24)25)6-5-11-26-19/h5-11,18H,12-14H2,1-4H3,(H,27,30)/t18-/m1/s1. The molecule has 7 nitrogen and oxygen atoms in total. The molecule has 1 aromatic carbocycles. The molecule has 1 saturated heterocycles. The second-order valence-electron chi connectivity index (χ2n) is 9.05. The molecule has 1 fully saturated rings. The molecule has 1 aromatic heterocycles. The summed E-state index contributed by atoms with van der Waals surface area (Å²) in [7, 11) is -3.81. The van der Waals surface area contributed by atoms with Crippen LogP contribution in [0, 0.1) is 0 Å². The number of sulfone groups is 1. The molecule has 0 bridgehead atoms. The Hall–Kier alpha value is -2.82. The molecule has 0 unspecified atom stereocenters. The number of alkyl halides is 3. The Morgan fingerprint density at radius 1 is 1.09 bits per heavy atom. The maximum atomic E-state index is 13.4. The summed E-state index contributed by atoms with van der Waals surface area (Å²) in [6, 6.07) is 8.66. The third kappa shape index (κ3) is 5.76. The van der Waals surface area contributed by atoms with Crippen molar-refractivity contribution in [2.75, 3.05) is 36.1 Å². The van der Waals surface area contributed by atoms with Gasteiger partial charge in [-0.15, -0.1) is 0 Å². The summed E-state index contributed by atoms with van der Waals surface area (Å²) < 4.78 is 65.2. The van der Waals surface area contributed by atoms with Crippen molar-refractivity contribution in [2.45, 2.75) is 37.7 Å². The fourth-order valence-corrected chi connectivity index (χ4v) is 4.78. The highest BCUT2D eigenvalue weighted by Gasteiger charge is 2.41. The van der Waals surface area contributed by atoms with E-state index in [1.54, 1.807) is 12.1 Å². The molecule has 11 heteroatoms. The smallest absolute Gasteiger partial charge is 0.351 e. The van der Waals surface area contributed by atoms with Gasteiger partial charge in [0, 0.05) is 31.2 Å². The number of hydrogen-bond acceptors (Lipinski definition) is 5. The highest BCUT2D eigenvalue weighted by Crippen LogP contribution is 2.36. The van der Waals surface area contributed by atoms with E-state index >= 15 is 0 Å². The monoisotopic (exact) mass is 484 g/mol. The summed E-state index contributed by atoms with van der Waals surface area (Å²) in [6.07, 6.45) is -2.46. The Kier molecular flexibility index (Phi) is 6.65. The van der Waals surface area contributed by atoms with Gasteiger partial charge in [0.25, 0.3) is 0 Å². The number of nitrogens with zero attached hydrogens (tertiary/aromatic N) is 3. The van der Waals surface area contributed by atoms with Gasteiger partial charge in [-0.25, -0.2) is 18.2 Å². The number of urea groups is 1. The van der Waals surface area contributed by atoms with Crippen molar-refractivity contribution in [3.8, 4) is 0 Å². The van der Waals surface area contributed by atoms with Gasteiger partial charge in [-0.2, -0.15) is 13.2 Å². The van der Waals surface area contributed by atoms with Crippen molar-refractivity contribution in [1.29, 1.82) is 0 Å². The quantitative estimate of drug-likeness (QED) is 0.709. The van der Waals surface area contributed by atoms with E-state index in [1.165, 1.54) is 17.2 Å². The molecule has 1 aliphatic heterocycles. The van der Waals surface area contributed by atoms with E-state index in [4.69, 9.17) is 0 Å². The van der Waals surface area contributed by atoms with Crippen molar-refractivity contribution in [3.05, 3.63) is 53.7 Å². The minimum Gasteiger partial charge on any atom is -0.351 e. The molecule has 0 saturated carbocycles. The molecular formula is C22H27F3N4O3S. The predicted octanol–water partition coefficient (Wildman–Crippen LogP) is 4.12. The number of piperazine rings is 1. The van der Waals surface area contributed by atoms with Gasteiger partial charge >= 0.3 is 12.2 Å². The zero-order valence-electron chi connectivity index (χ0n) is 18.8. The van der Waals surface area contributed by atoms with Crippen LogP contribution in [0.5, 0.6) is 0 Å². The van der Waals surface area contributed by atoms with Crippen LogP contribution < -0.4 is 10.2 Å². The topological polar surface area (TPSA) is 82.6 Å². The van der Waals surface area contributed by atoms with Crippen molar-refractivity contribution >= 4 is 27.4 Å². The summed E-state index contributed by atoms with van der Waals surface area (Å²) in [5.74, 6) is -0.350. The zero-order chi connectivity index (χ0) is 24.6. The number of aromatic nitrogens is 1. The van der Waals surface area contributed by atoms with Crippen LogP contribution in [-0.4, -0.2) is 55.6 Å². The summed E-state index contributed by atoms with van der Waals surface area (Å²) in [6.45, 7) is 5.77. The number of carbonyl (C=O) groups excluding carboxylic acids is 1. The first-order valence-corrected chi connectivity index (χ1v) is 12.3. The lowest BCUT2D eigenvalue weighted by Gasteiger charge is -2.41. The normalized spacial score (nSPS) is 17.7. The van der Waals surface area contributed by atoms with Gasteiger partial charge in [0.2, 0.25) is 0 Å². The molecule has 3 rings (SSSR count). The molecule has 1 atom stereocenters. The third-order valence-electron chi connectivity index (χ3n) is 5.48. The Bertz CT molecular complexity index is 1110. The third-order valence-corrected chi connectivity index (χ3v) is 6.88. The molecule has 1 aliphatic rings. The SMILES string of the molecule is CC(C)(C)c1ccc(NC(=O)N2CCN(c3ncccc3C(F)(F)F)C[C@H]2S(C)(=O)=O)cc1. The molecule has 0 spiro atoms. The number of pyridine rings is 1. The highest BCUT2D eigenvalue weighted by molar-refractivity contribution is 7.91. The first kappa shape index (κ1) is 24.8. The lowest BCUT2D eigenvalue weighted by molar-refractivity contribution is -0.137. The Labute approximate surface area is 191 Å². The van der Waals surface area contributed by atoms with Crippen LogP contribution >= 0.6 is 0 Å². The van der Waals surface area contributed by atoms with Crippen molar-refractivity contribution in [1.82, 2.24) is 9.88 Å². The molecule has 180 valence electrons. The van der Waals surface area contributed by atoms with Crippen LogP contribution in [0.15, 0.2) is 42.6 Å². The molecular weight excluding hydrogens is 457 g/mol. The number of benzene rings is 1. The summed E-state index contributed by atoms with van der Waals surface area (Å²) >= 11 is 0. The molecule has 1 N–H and O–H groups in total. The van der Waals surface area contributed by atoms with Crippen LogP contribution in [0.2, 0.25) is 0 Å². The Balaban J connectivity index is 1.82. The minimum atomic E-state index is -4.64. The van der Waals surface area contributed by atoms with Crippen LogP contribution in [-0.2, 0) is 21.4 Å². The summed E-state index contributed by atoms with van der Waals surface area (Å²) in [5.41, 5.74) is 0.542. The number of amides is 2. The number of hydrogen-bond donors (Lipinski definition) is 1. The van der Waals surface area contributed by atoms with Crippen molar-refractivity contribution in [2.24, 2.45) is 0 Å². The van der Waals surface area contributed by atoms with Crippen LogP contribution in [0.25, 0.3) is 0 Å². The molecule has 2 heterocycles. The van der Waals surface area contributed by atoms with Gasteiger partial charge in [0.05, 0.1) is 12.1 Å². The van der Waals surface area contributed by atoms with Crippen molar-refractivity contribution < 1.29 is 26.4 Å². The average Bonchev–Trinajstić information content (AvgIpc) is 2.72. The molecule has 0 aliphatic carbocycles. The zero-order valence-corrected chi connectivity index (χ0v) is 19.7. The summed E-state index contributed by atoms with van der Waals surface area (Å²) in [5, 5.41) is 1.36. The Morgan fingerprint density at radius 2 is 1.73 bits per heavy atom. The van der Waals surface area contributed by atoms with Gasteiger partial charge in [0.15, 0.2) is 15.2 Å². The number of carbonyl (C=O) groups is 1. The van der Waals surface area contributed by atoms with E-state index in [1.807, 2.05) is 12.1 Å². The van der Waals surface area contributed by atoms with Gasteiger partial charge < -0.3 is 15.1 Å². The van der Waals surface area contributed by atoms with E-state index in [0.29, 0.717) is 5.69 Å². The van der Waals surface area contributed by atoms with E-state index in [9.17, 15) is 26.4 Å². The number of nitrogens with one attached hydrogen (secondary N) is 1. The van der Waals surface area contributed by atoms with E-state index in [-0.39, 0.29) is 30.9 Å². The van der Waals surface area contributed by atoms with Crippen molar-refractivity contribution in [3.63, 3.8) is 0 Å². The molecule has 2 aromatic rings. The minimum absolute atomic E-state index is 0.00248. The molecule has 2 amide bonds.